The summed E-state index contributed by atoms with van der Waals surface area (Å²) in [5.74, 6) is 2.78. The van der Waals surface area contributed by atoms with Gasteiger partial charge in [-0.1, -0.05) is 24.1 Å². The van der Waals surface area contributed by atoms with Crippen LogP contribution < -0.4 is 5.32 Å². The fraction of sp³-hybridized carbons (Fsp3) is 0.750. The molecule has 92 valence electrons. The third kappa shape index (κ3) is 1.55. The Balaban J connectivity index is 1.68. The van der Waals surface area contributed by atoms with Crippen LogP contribution in [0.4, 0.5) is 0 Å². The summed E-state index contributed by atoms with van der Waals surface area (Å²) < 4.78 is 0. The monoisotopic (exact) mass is 229 g/mol. The number of rotatable bonds is 0. The third-order valence-corrected chi connectivity index (χ3v) is 5.67. The fourth-order valence-electron chi connectivity index (χ4n) is 4.84. The Morgan fingerprint density at radius 2 is 1.94 bits per heavy atom. The molecule has 1 heteroatoms. The molecule has 17 heavy (non-hydrogen) atoms. The molecule has 4 atom stereocenters. The van der Waals surface area contributed by atoms with Gasteiger partial charge in [-0.15, -0.1) is 0 Å². The van der Waals surface area contributed by atoms with Gasteiger partial charge in [0.2, 0.25) is 0 Å². The van der Waals surface area contributed by atoms with Crippen molar-refractivity contribution in [3.05, 3.63) is 23.3 Å². The zero-order valence-corrected chi connectivity index (χ0v) is 10.6. The maximum Gasteiger partial charge on any atom is 0.0314 e. The van der Waals surface area contributed by atoms with E-state index in [1.165, 1.54) is 51.5 Å². The lowest BCUT2D eigenvalue weighted by molar-refractivity contribution is 0.247. The van der Waals surface area contributed by atoms with Gasteiger partial charge in [-0.3, -0.25) is 0 Å². The second kappa shape index (κ2) is 3.98. The van der Waals surface area contributed by atoms with E-state index in [-0.39, 0.29) is 0 Å². The summed E-state index contributed by atoms with van der Waals surface area (Å²) in [7, 11) is 0. The molecule has 1 saturated heterocycles. The van der Waals surface area contributed by atoms with Crippen molar-refractivity contribution >= 4 is 0 Å². The second-order valence-electron chi connectivity index (χ2n) is 6.42. The van der Waals surface area contributed by atoms with E-state index in [9.17, 15) is 0 Å². The first-order chi connectivity index (χ1) is 8.43. The SMILES string of the molecule is C1=C2CCCCC2C2CCC3CCNC3C2=C1. The minimum Gasteiger partial charge on any atom is -0.310 e. The first-order valence-corrected chi connectivity index (χ1v) is 7.57. The highest BCUT2D eigenvalue weighted by Gasteiger charge is 2.42. The minimum absolute atomic E-state index is 0.744. The van der Waals surface area contributed by atoms with Crippen molar-refractivity contribution in [3.63, 3.8) is 0 Å². The Kier molecular flexibility index (Phi) is 2.43. The summed E-state index contributed by atoms with van der Waals surface area (Å²) in [6.07, 6.45) is 15.1. The van der Waals surface area contributed by atoms with E-state index in [0.29, 0.717) is 0 Å². The van der Waals surface area contributed by atoms with Gasteiger partial charge >= 0.3 is 0 Å². The maximum absolute atomic E-state index is 3.76. The lowest BCUT2D eigenvalue weighted by atomic mass is 9.63. The third-order valence-electron chi connectivity index (χ3n) is 5.67. The largest absolute Gasteiger partial charge is 0.310 e. The number of fused-ring (bicyclic) bond motifs is 5. The molecule has 0 aromatic carbocycles. The lowest BCUT2D eigenvalue weighted by Gasteiger charge is -2.43. The molecule has 0 amide bonds. The fourth-order valence-corrected chi connectivity index (χ4v) is 4.84. The Morgan fingerprint density at radius 1 is 0.941 bits per heavy atom. The summed E-state index contributed by atoms with van der Waals surface area (Å²) in [5, 5.41) is 3.76. The summed E-state index contributed by atoms with van der Waals surface area (Å²) in [6, 6.07) is 0.744. The standard InChI is InChI=1S/C16H23N/c1-2-4-13-11(3-1)5-8-15-14(13)7-6-12-9-10-17-16(12)15/h5,8,12-14,16-17H,1-4,6-7,9-10H2. The molecule has 4 unspecified atom stereocenters. The highest BCUT2D eigenvalue weighted by Crippen LogP contribution is 2.49. The molecule has 0 aromatic heterocycles. The lowest BCUT2D eigenvalue weighted by Crippen LogP contribution is -2.40. The normalized spacial score (nSPS) is 44.2. The van der Waals surface area contributed by atoms with Crippen molar-refractivity contribution in [1.82, 2.24) is 5.32 Å². The van der Waals surface area contributed by atoms with Crippen LogP contribution in [0.5, 0.6) is 0 Å². The molecular weight excluding hydrogens is 206 g/mol. The first kappa shape index (κ1) is 10.4. The van der Waals surface area contributed by atoms with Crippen LogP contribution in [-0.4, -0.2) is 12.6 Å². The van der Waals surface area contributed by atoms with Crippen LogP contribution in [0.25, 0.3) is 0 Å². The summed E-state index contributed by atoms with van der Waals surface area (Å²) in [5.41, 5.74) is 3.55. The van der Waals surface area contributed by atoms with Crippen LogP contribution in [0.2, 0.25) is 0 Å². The van der Waals surface area contributed by atoms with E-state index in [1.54, 1.807) is 11.1 Å². The topological polar surface area (TPSA) is 12.0 Å². The number of allylic oxidation sites excluding steroid dienone is 3. The summed E-state index contributed by atoms with van der Waals surface area (Å²) >= 11 is 0. The Labute approximate surface area is 104 Å². The van der Waals surface area contributed by atoms with E-state index in [1.807, 2.05) is 0 Å². The maximum atomic E-state index is 3.76. The molecular formula is C16H23N. The molecule has 0 aromatic rings. The molecule has 1 aliphatic heterocycles. The molecule has 1 nitrogen and oxygen atoms in total. The van der Waals surface area contributed by atoms with Gasteiger partial charge in [0.25, 0.3) is 0 Å². The van der Waals surface area contributed by atoms with E-state index in [0.717, 1.165) is 23.8 Å². The van der Waals surface area contributed by atoms with Crippen LogP contribution in [0.15, 0.2) is 23.3 Å². The van der Waals surface area contributed by atoms with Gasteiger partial charge < -0.3 is 5.32 Å². The van der Waals surface area contributed by atoms with Crippen molar-refractivity contribution in [1.29, 1.82) is 0 Å². The van der Waals surface area contributed by atoms with Crippen molar-refractivity contribution in [2.75, 3.05) is 6.54 Å². The van der Waals surface area contributed by atoms with Crippen LogP contribution in [0, 0.1) is 17.8 Å². The highest BCUT2D eigenvalue weighted by molar-refractivity contribution is 5.35. The van der Waals surface area contributed by atoms with Gasteiger partial charge in [-0.25, -0.2) is 0 Å². The smallest absolute Gasteiger partial charge is 0.0314 e. The molecule has 4 aliphatic rings. The van der Waals surface area contributed by atoms with Crippen molar-refractivity contribution < 1.29 is 0 Å². The molecule has 3 fully saturated rings. The van der Waals surface area contributed by atoms with Gasteiger partial charge in [-0.2, -0.15) is 0 Å². The molecule has 4 rings (SSSR count). The summed E-state index contributed by atoms with van der Waals surface area (Å²) in [6.45, 7) is 1.25. The predicted molar refractivity (Wildman–Crippen MR) is 70.7 cm³/mol. The molecule has 1 heterocycles. The zero-order valence-electron chi connectivity index (χ0n) is 10.6. The van der Waals surface area contributed by atoms with E-state index in [2.05, 4.69) is 17.5 Å². The van der Waals surface area contributed by atoms with Gasteiger partial charge in [-0.05, 0) is 68.4 Å². The van der Waals surface area contributed by atoms with Crippen LogP contribution in [0.3, 0.4) is 0 Å². The van der Waals surface area contributed by atoms with Crippen molar-refractivity contribution in [2.24, 2.45) is 17.8 Å². The van der Waals surface area contributed by atoms with Crippen LogP contribution >= 0.6 is 0 Å². The van der Waals surface area contributed by atoms with Crippen LogP contribution in [0.1, 0.15) is 44.9 Å². The van der Waals surface area contributed by atoms with E-state index >= 15 is 0 Å². The highest BCUT2D eigenvalue weighted by atomic mass is 15.0. The van der Waals surface area contributed by atoms with Gasteiger partial charge in [0.05, 0.1) is 0 Å². The van der Waals surface area contributed by atoms with E-state index in [4.69, 9.17) is 0 Å². The van der Waals surface area contributed by atoms with Gasteiger partial charge in [0, 0.05) is 6.04 Å². The molecule has 0 bridgehead atoms. The molecule has 1 N–H and O–H groups in total. The molecule has 2 saturated carbocycles. The molecule has 0 spiro atoms. The van der Waals surface area contributed by atoms with Crippen LogP contribution in [-0.2, 0) is 0 Å². The molecule has 3 aliphatic carbocycles. The Bertz CT molecular complexity index is 379. The summed E-state index contributed by atoms with van der Waals surface area (Å²) in [4.78, 5) is 0. The van der Waals surface area contributed by atoms with E-state index < -0.39 is 0 Å². The van der Waals surface area contributed by atoms with Gasteiger partial charge in [0.15, 0.2) is 0 Å². The predicted octanol–water partition coefficient (Wildman–Crippen LogP) is 3.43. The van der Waals surface area contributed by atoms with Gasteiger partial charge in [0.1, 0.15) is 0 Å². The zero-order chi connectivity index (χ0) is 11.2. The number of hydrogen-bond donors (Lipinski definition) is 1. The average molecular weight is 229 g/mol. The first-order valence-electron chi connectivity index (χ1n) is 7.57. The quantitative estimate of drug-likeness (QED) is 0.671. The number of nitrogens with one attached hydrogen (secondary N) is 1. The average Bonchev–Trinajstić information content (AvgIpc) is 2.86. The minimum atomic E-state index is 0.744. The second-order valence-corrected chi connectivity index (χ2v) is 6.42. The van der Waals surface area contributed by atoms with Crippen molar-refractivity contribution in [3.8, 4) is 0 Å². The Morgan fingerprint density at radius 3 is 2.94 bits per heavy atom. The Hall–Kier alpha value is -0.560. The number of hydrogen-bond acceptors (Lipinski definition) is 1. The van der Waals surface area contributed by atoms with Crippen molar-refractivity contribution in [2.45, 2.75) is 51.0 Å². The molecule has 0 radical (unpaired) electrons.